The Morgan fingerprint density at radius 2 is 1.74 bits per heavy atom. The summed E-state index contributed by atoms with van der Waals surface area (Å²) in [6.45, 7) is 5.78. The van der Waals surface area contributed by atoms with Gasteiger partial charge in [-0.1, -0.05) is 37.3 Å². The van der Waals surface area contributed by atoms with Gasteiger partial charge in [-0.25, -0.2) is 4.98 Å². The minimum absolute atomic E-state index is 0.0509. The van der Waals surface area contributed by atoms with Crippen molar-refractivity contribution in [2.24, 2.45) is 0 Å². The van der Waals surface area contributed by atoms with Crippen molar-refractivity contribution in [2.45, 2.75) is 33.2 Å². The second-order valence-electron chi connectivity index (χ2n) is 6.54. The van der Waals surface area contributed by atoms with Crippen molar-refractivity contribution in [3.05, 3.63) is 66.2 Å². The standard InChI is InChI=1S/C22H24N4O/c1-4-15(2)23-22-25-20(18-8-6-5-7-9-18)14-21(26-22)24-19-12-10-17(11-13-19)16(3)27/h5-15H,4H2,1-3H3,(H2,23,24,25,26). The molecule has 1 unspecified atom stereocenters. The lowest BCUT2D eigenvalue weighted by atomic mass is 10.1. The van der Waals surface area contributed by atoms with Crippen LogP contribution in [0.15, 0.2) is 60.7 Å². The van der Waals surface area contributed by atoms with E-state index in [0.29, 0.717) is 17.3 Å². The summed E-state index contributed by atoms with van der Waals surface area (Å²) in [6, 6.07) is 19.6. The second kappa shape index (κ2) is 8.45. The molecule has 1 heterocycles. The maximum Gasteiger partial charge on any atom is 0.225 e. The normalized spacial score (nSPS) is 11.7. The monoisotopic (exact) mass is 360 g/mol. The summed E-state index contributed by atoms with van der Waals surface area (Å²) in [5, 5.41) is 6.65. The van der Waals surface area contributed by atoms with Crippen LogP contribution in [0.2, 0.25) is 0 Å². The SMILES string of the molecule is CCC(C)Nc1nc(Nc2ccc(C(C)=O)cc2)cc(-c2ccccc2)n1. The smallest absolute Gasteiger partial charge is 0.225 e. The molecule has 1 aromatic heterocycles. The van der Waals surface area contributed by atoms with E-state index in [1.807, 2.05) is 60.7 Å². The van der Waals surface area contributed by atoms with Gasteiger partial charge in [-0.05, 0) is 44.5 Å². The lowest BCUT2D eigenvalue weighted by molar-refractivity contribution is 0.101. The lowest BCUT2D eigenvalue weighted by Crippen LogP contribution is -2.16. The Bertz CT molecular complexity index is 907. The van der Waals surface area contributed by atoms with Gasteiger partial charge in [0.2, 0.25) is 5.95 Å². The first-order valence-electron chi connectivity index (χ1n) is 9.14. The maximum atomic E-state index is 11.4. The topological polar surface area (TPSA) is 66.9 Å². The molecule has 3 rings (SSSR count). The summed E-state index contributed by atoms with van der Waals surface area (Å²) in [6.07, 6.45) is 0.980. The van der Waals surface area contributed by atoms with Gasteiger partial charge in [0.1, 0.15) is 5.82 Å². The Balaban J connectivity index is 1.93. The molecule has 0 spiro atoms. The molecule has 3 aromatic rings. The van der Waals surface area contributed by atoms with Crippen molar-refractivity contribution in [3.8, 4) is 11.3 Å². The van der Waals surface area contributed by atoms with Crippen LogP contribution in [0, 0.1) is 0 Å². The summed E-state index contributed by atoms with van der Waals surface area (Å²) in [4.78, 5) is 20.7. The molecule has 5 heteroatoms. The third-order valence-corrected chi connectivity index (χ3v) is 4.35. The van der Waals surface area contributed by atoms with E-state index < -0.39 is 0 Å². The van der Waals surface area contributed by atoms with Crippen LogP contribution in [0.25, 0.3) is 11.3 Å². The Morgan fingerprint density at radius 1 is 1.04 bits per heavy atom. The van der Waals surface area contributed by atoms with Crippen molar-refractivity contribution in [1.82, 2.24) is 9.97 Å². The number of benzene rings is 2. The fourth-order valence-corrected chi connectivity index (χ4v) is 2.59. The highest BCUT2D eigenvalue weighted by Gasteiger charge is 2.09. The largest absolute Gasteiger partial charge is 0.352 e. The molecule has 0 bridgehead atoms. The highest BCUT2D eigenvalue weighted by molar-refractivity contribution is 5.94. The average Bonchev–Trinajstić information content (AvgIpc) is 2.69. The van der Waals surface area contributed by atoms with Crippen molar-refractivity contribution < 1.29 is 4.79 Å². The van der Waals surface area contributed by atoms with E-state index in [9.17, 15) is 4.79 Å². The highest BCUT2D eigenvalue weighted by atomic mass is 16.1. The minimum Gasteiger partial charge on any atom is -0.352 e. The predicted octanol–water partition coefficient (Wildman–Crippen LogP) is 5.30. The molecule has 0 fully saturated rings. The number of carbonyl (C=O) groups excluding carboxylic acids is 1. The zero-order valence-electron chi connectivity index (χ0n) is 15.9. The molecule has 0 aliphatic rings. The minimum atomic E-state index is 0.0509. The van der Waals surface area contributed by atoms with E-state index in [0.717, 1.165) is 23.4 Å². The number of aromatic nitrogens is 2. The van der Waals surface area contributed by atoms with Gasteiger partial charge in [-0.3, -0.25) is 4.79 Å². The number of carbonyl (C=O) groups is 1. The van der Waals surface area contributed by atoms with Crippen LogP contribution in [-0.2, 0) is 0 Å². The number of ketones is 1. The summed E-state index contributed by atoms with van der Waals surface area (Å²) in [7, 11) is 0. The van der Waals surface area contributed by atoms with E-state index in [-0.39, 0.29) is 11.8 Å². The molecule has 0 saturated carbocycles. The van der Waals surface area contributed by atoms with Crippen molar-refractivity contribution in [3.63, 3.8) is 0 Å². The molecule has 0 aliphatic heterocycles. The number of hydrogen-bond acceptors (Lipinski definition) is 5. The molecule has 27 heavy (non-hydrogen) atoms. The molecule has 0 radical (unpaired) electrons. The van der Waals surface area contributed by atoms with E-state index in [2.05, 4.69) is 34.4 Å². The number of rotatable bonds is 7. The average molecular weight is 360 g/mol. The van der Waals surface area contributed by atoms with Crippen LogP contribution >= 0.6 is 0 Å². The van der Waals surface area contributed by atoms with Gasteiger partial charge in [0.05, 0.1) is 5.69 Å². The van der Waals surface area contributed by atoms with Crippen molar-refractivity contribution in [2.75, 3.05) is 10.6 Å². The van der Waals surface area contributed by atoms with E-state index >= 15 is 0 Å². The number of Topliss-reactive ketones (excluding diaryl/α,β-unsaturated/α-hetero) is 1. The Morgan fingerprint density at radius 3 is 2.37 bits per heavy atom. The van der Waals surface area contributed by atoms with Gasteiger partial charge in [0, 0.05) is 28.9 Å². The van der Waals surface area contributed by atoms with E-state index in [1.165, 1.54) is 0 Å². The van der Waals surface area contributed by atoms with Gasteiger partial charge >= 0.3 is 0 Å². The van der Waals surface area contributed by atoms with Gasteiger partial charge < -0.3 is 10.6 Å². The molecular weight excluding hydrogens is 336 g/mol. The summed E-state index contributed by atoms with van der Waals surface area (Å²) >= 11 is 0. The fourth-order valence-electron chi connectivity index (χ4n) is 2.59. The maximum absolute atomic E-state index is 11.4. The Labute approximate surface area is 159 Å². The quantitative estimate of drug-likeness (QED) is 0.560. The molecule has 1 atom stereocenters. The first-order valence-corrected chi connectivity index (χ1v) is 9.14. The van der Waals surface area contributed by atoms with Crippen LogP contribution in [0.3, 0.4) is 0 Å². The van der Waals surface area contributed by atoms with Gasteiger partial charge in [-0.2, -0.15) is 4.98 Å². The fraction of sp³-hybridized carbons (Fsp3) is 0.227. The zero-order chi connectivity index (χ0) is 19.2. The molecule has 5 nitrogen and oxygen atoms in total. The molecule has 0 amide bonds. The van der Waals surface area contributed by atoms with Crippen LogP contribution < -0.4 is 10.6 Å². The summed E-state index contributed by atoms with van der Waals surface area (Å²) in [5.41, 5.74) is 3.43. The molecular formula is C22H24N4O. The number of nitrogens with one attached hydrogen (secondary N) is 2. The highest BCUT2D eigenvalue weighted by Crippen LogP contribution is 2.24. The lowest BCUT2D eigenvalue weighted by Gasteiger charge is -2.15. The van der Waals surface area contributed by atoms with Crippen LogP contribution in [0.5, 0.6) is 0 Å². The Hall–Kier alpha value is -3.21. The van der Waals surface area contributed by atoms with E-state index in [4.69, 9.17) is 0 Å². The van der Waals surface area contributed by atoms with Gasteiger partial charge in [0.25, 0.3) is 0 Å². The molecule has 0 aliphatic carbocycles. The summed E-state index contributed by atoms with van der Waals surface area (Å²) in [5.74, 6) is 1.34. The predicted molar refractivity (Wildman–Crippen MR) is 111 cm³/mol. The number of anilines is 3. The van der Waals surface area contributed by atoms with Crippen LogP contribution in [-0.4, -0.2) is 21.8 Å². The third kappa shape index (κ3) is 4.91. The molecule has 2 aromatic carbocycles. The first kappa shape index (κ1) is 18.6. The third-order valence-electron chi connectivity index (χ3n) is 4.35. The second-order valence-corrected chi connectivity index (χ2v) is 6.54. The molecule has 138 valence electrons. The van der Waals surface area contributed by atoms with Gasteiger partial charge in [0.15, 0.2) is 5.78 Å². The van der Waals surface area contributed by atoms with Gasteiger partial charge in [-0.15, -0.1) is 0 Å². The molecule has 2 N–H and O–H groups in total. The van der Waals surface area contributed by atoms with Crippen LogP contribution in [0.1, 0.15) is 37.6 Å². The zero-order valence-corrected chi connectivity index (χ0v) is 15.9. The number of nitrogens with zero attached hydrogens (tertiary/aromatic N) is 2. The number of hydrogen-bond donors (Lipinski definition) is 2. The Kier molecular flexibility index (Phi) is 5.81. The summed E-state index contributed by atoms with van der Waals surface area (Å²) < 4.78 is 0. The van der Waals surface area contributed by atoms with E-state index in [1.54, 1.807) is 6.92 Å². The van der Waals surface area contributed by atoms with Crippen LogP contribution in [0.4, 0.5) is 17.5 Å². The first-order chi connectivity index (χ1) is 13.0. The van der Waals surface area contributed by atoms with Crippen molar-refractivity contribution >= 4 is 23.2 Å². The molecule has 0 saturated heterocycles. The van der Waals surface area contributed by atoms with Crippen molar-refractivity contribution in [1.29, 1.82) is 0 Å².